The monoisotopic (exact) mass is 155 g/mol. The zero-order chi connectivity index (χ0) is 8.10. The van der Waals surface area contributed by atoms with Gasteiger partial charge in [0.1, 0.15) is 0 Å². The summed E-state index contributed by atoms with van der Waals surface area (Å²) >= 11 is 0. The van der Waals surface area contributed by atoms with E-state index in [9.17, 15) is 4.79 Å². The first kappa shape index (κ1) is 8.27. The van der Waals surface area contributed by atoms with Gasteiger partial charge in [0.15, 0.2) is 0 Å². The van der Waals surface area contributed by atoms with Crippen molar-refractivity contribution in [2.45, 2.75) is 19.3 Å². The maximum Gasteiger partial charge on any atom is 0.331 e. The van der Waals surface area contributed by atoms with Crippen LogP contribution in [0.25, 0.3) is 0 Å². The van der Waals surface area contributed by atoms with Crippen molar-refractivity contribution in [2.75, 3.05) is 13.1 Å². The molecule has 62 valence electrons. The maximum atomic E-state index is 10.5. The predicted molar refractivity (Wildman–Crippen MR) is 42.4 cm³/mol. The molecule has 2 N–H and O–H groups in total. The summed E-state index contributed by atoms with van der Waals surface area (Å²) in [7, 11) is 0. The molecule has 11 heavy (non-hydrogen) atoms. The molecule has 1 rings (SSSR count). The maximum absolute atomic E-state index is 10.5. The van der Waals surface area contributed by atoms with E-state index in [0.717, 1.165) is 25.9 Å². The van der Waals surface area contributed by atoms with E-state index < -0.39 is 5.97 Å². The molecule has 3 heteroatoms. The highest BCUT2D eigenvalue weighted by atomic mass is 16.4. The molecule has 1 aliphatic heterocycles. The highest BCUT2D eigenvalue weighted by Gasteiger charge is 2.07. The summed E-state index contributed by atoms with van der Waals surface area (Å²) in [5, 5.41) is 11.9. The number of carbonyl (C=O) groups is 1. The summed E-state index contributed by atoms with van der Waals surface area (Å²) in [5.41, 5.74) is 0.575. The lowest BCUT2D eigenvalue weighted by molar-refractivity contribution is -0.132. The molecule has 0 saturated heterocycles. The van der Waals surface area contributed by atoms with Gasteiger partial charge in [0.25, 0.3) is 0 Å². The van der Waals surface area contributed by atoms with Crippen LogP contribution in [0.2, 0.25) is 0 Å². The molecule has 1 aliphatic rings. The molecule has 0 aromatic carbocycles. The van der Waals surface area contributed by atoms with Crippen LogP contribution in [0.15, 0.2) is 11.6 Å². The molecule has 0 atom stereocenters. The summed E-state index contributed by atoms with van der Waals surface area (Å²) in [6, 6.07) is 0. The number of nitrogens with one attached hydrogen (secondary N) is 1. The van der Waals surface area contributed by atoms with Crippen molar-refractivity contribution in [2.24, 2.45) is 0 Å². The van der Waals surface area contributed by atoms with E-state index in [0.29, 0.717) is 12.0 Å². The van der Waals surface area contributed by atoms with Crippen LogP contribution in [-0.2, 0) is 4.79 Å². The highest BCUT2D eigenvalue weighted by molar-refractivity contribution is 5.86. The Morgan fingerprint density at radius 2 is 2.36 bits per heavy atom. The van der Waals surface area contributed by atoms with Gasteiger partial charge in [-0.2, -0.15) is 0 Å². The standard InChI is InChI=1S/C8H13NO2/c10-8(11)7-3-1-5-9-6-2-4-7/h3,9H,1-2,4-6H2,(H,10,11)/b7-3+. The van der Waals surface area contributed by atoms with E-state index >= 15 is 0 Å². The molecule has 0 bridgehead atoms. The van der Waals surface area contributed by atoms with Gasteiger partial charge in [-0.3, -0.25) is 0 Å². The highest BCUT2D eigenvalue weighted by Crippen LogP contribution is 2.07. The first-order valence-corrected chi connectivity index (χ1v) is 3.94. The molecule has 0 saturated carbocycles. The number of aliphatic carboxylic acids is 1. The summed E-state index contributed by atoms with van der Waals surface area (Å²) in [6.07, 6.45) is 4.27. The minimum atomic E-state index is -0.758. The Kier molecular flexibility index (Phi) is 3.11. The van der Waals surface area contributed by atoms with Crippen molar-refractivity contribution < 1.29 is 9.90 Å². The molecule has 0 spiro atoms. The van der Waals surface area contributed by atoms with Crippen LogP contribution in [0.4, 0.5) is 0 Å². The number of hydrogen-bond acceptors (Lipinski definition) is 2. The lowest BCUT2D eigenvalue weighted by atomic mass is 10.1. The van der Waals surface area contributed by atoms with Crippen LogP contribution in [0.5, 0.6) is 0 Å². The summed E-state index contributed by atoms with van der Waals surface area (Å²) in [4.78, 5) is 10.5. The molecule has 0 aromatic rings. The third kappa shape index (κ3) is 2.72. The van der Waals surface area contributed by atoms with Gasteiger partial charge in [-0.25, -0.2) is 4.79 Å². The fourth-order valence-electron chi connectivity index (χ4n) is 1.17. The molecule has 0 fully saturated rings. The molecule has 0 amide bonds. The fraction of sp³-hybridized carbons (Fsp3) is 0.625. The van der Waals surface area contributed by atoms with Crippen LogP contribution in [-0.4, -0.2) is 24.2 Å². The predicted octanol–water partition coefficient (Wildman–Crippen LogP) is 0.771. The van der Waals surface area contributed by atoms with Crippen molar-refractivity contribution in [1.82, 2.24) is 5.32 Å². The van der Waals surface area contributed by atoms with Crippen molar-refractivity contribution in [3.05, 3.63) is 11.6 Å². The normalized spacial score (nSPS) is 24.5. The van der Waals surface area contributed by atoms with Gasteiger partial charge in [-0.15, -0.1) is 0 Å². The molecule has 0 unspecified atom stereocenters. The van der Waals surface area contributed by atoms with Crippen LogP contribution in [0.1, 0.15) is 19.3 Å². The van der Waals surface area contributed by atoms with Gasteiger partial charge < -0.3 is 10.4 Å². The SMILES string of the molecule is O=C(O)/C1=C/CCNCCC1. The lowest BCUT2D eigenvalue weighted by Crippen LogP contribution is -2.19. The largest absolute Gasteiger partial charge is 0.478 e. The van der Waals surface area contributed by atoms with Crippen molar-refractivity contribution in [1.29, 1.82) is 0 Å². The minimum Gasteiger partial charge on any atom is -0.478 e. The third-order valence-corrected chi connectivity index (χ3v) is 1.79. The molecule has 3 nitrogen and oxygen atoms in total. The average molecular weight is 155 g/mol. The van der Waals surface area contributed by atoms with Crippen LogP contribution in [0.3, 0.4) is 0 Å². The Morgan fingerprint density at radius 1 is 1.55 bits per heavy atom. The Labute approximate surface area is 66.1 Å². The van der Waals surface area contributed by atoms with Gasteiger partial charge in [-0.05, 0) is 32.4 Å². The second-order valence-corrected chi connectivity index (χ2v) is 2.68. The third-order valence-electron chi connectivity index (χ3n) is 1.79. The van der Waals surface area contributed by atoms with Crippen LogP contribution < -0.4 is 5.32 Å². The molecular weight excluding hydrogens is 142 g/mol. The van der Waals surface area contributed by atoms with Gasteiger partial charge in [-0.1, -0.05) is 6.08 Å². The topological polar surface area (TPSA) is 49.3 Å². The van der Waals surface area contributed by atoms with E-state index in [1.54, 1.807) is 0 Å². The van der Waals surface area contributed by atoms with E-state index in [2.05, 4.69) is 5.32 Å². The fourth-order valence-corrected chi connectivity index (χ4v) is 1.17. The smallest absolute Gasteiger partial charge is 0.331 e. The number of carboxylic acids is 1. The Balaban J connectivity index is 2.52. The second-order valence-electron chi connectivity index (χ2n) is 2.68. The van der Waals surface area contributed by atoms with Crippen LogP contribution in [0, 0.1) is 0 Å². The van der Waals surface area contributed by atoms with Crippen molar-refractivity contribution in [3.63, 3.8) is 0 Å². The van der Waals surface area contributed by atoms with Crippen LogP contribution >= 0.6 is 0 Å². The molecule has 0 aliphatic carbocycles. The van der Waals surface area contributed by atoms with Gasteiger partial charge in [0.05, 0.1) is 0 Å². The van der Waals surface area contributed by atoms with Gasteiger partial charge in [0, 0.05) is 5.57 Å². The summed E-state index contributed by atoms with van der Waals surface area (Å²) in [5.74, 6) is -0.758. The van der Waals surface area contributed by atoms with Gasteiger partial charge in [0.2, 0.25) is 0 Å². The minimum absolute atomic E-state index is 0.575. The molecular formula is C8H13NO2. The van der Waals surface area contributed by atoms with Gasteiger partial charge >= 0.3 is 5.97 Å². The quantitative estimate of drug-likeness (QED) is 0.588. The zero-order valence-corrected chi connectivity index (χ0v) is 6.47. The van der Waals surface area contributed by atoms with E-state index in [1.807, 2.05) is 6.08 Å². The Hall–Kier alpha value is -0.830. The first-order chi connectivity index (χ1) is 5.30. The molecule has 0 radical (unpaired) electrons. The first-order valence-electron chi connectivity index (χ1n) is 3.94. The number of rotatable bonds is 1. The number of hydrogen-bond donors (Lipinski definition) is 2. The second kappa shape index (κ2) is 4.13. The molecule has 1 heterocycles. The van der Waals surface area contributed by atoms with Crippen molar-refractivity contribution in [3.8, 4) is 0 Å². The lowest BCUT2D eigenvalue weighted by Gasteiger charge is -2.08. The molecule has 0 aromatic heterocycles. The number of carboxylic acid groups (broad SMARTS) is 1. The van der Waals surface area contributed by atoms with Crippen molar-refractivity contribution >= 4 is 5.97 Å². The summed E-state index contributed by atoms with van der Waals surface area (Å²) < 4.78 is 0. The summed E-state index contributed by atoms with van der Waals surface area (Å²) in [6.45, 7) is 1.83. The Bertz CT molecular complexity index is 175. The zero-order valence-electron chi connectivity index (χ0n) is 6.47. The average Bonchev–Trinajstić information content (AvgIpc) is 1.84. The van der Waals surface area contributed by atoms with E-state index in [-0.39, 0.29) is 0 Å². The van der Waals surface area contributed by atoms with E-state index in [4.69, 9.17) is 5.11 Å². The van der Waals surface area contributed by atoms with E-state index in [1.165, 1.54) is 0 Å². The Morgan fingerprint density at radius 3 is 3.09 bits per heavy atom.